The molecule has 0 bridgehead atoms. The molecule has 4 atom stereocenters. The lowest BCUT2D eigenvalue weighted by Crippen LogP contribution is -2.34. The molecule has 0 N–H and O–H groups in total. The fourth-order valence-corrected chi connectivity index (χ4v) is 24.2. The number of rotatable bonds is 30. The molecule has 11 rings (SSSR count). The Morgan fingerprint density at radius 2 is 0.714 bits per heavy atom. The van der Waals surface area contributed by atoms with Crippen LogP contribution in [0.4, 0.5) is 5.00 Å². The van der Waals surface area contributed by atoms with Crippen molar-refractivity contribution in [3.8, 4) is 9.75 Å². The van der Waals surface area contributed by atoms with Crippen LogP contribution >= 0.6 is 45.8 Å². The topological polar surface area (TPSA) is 46.4 Å². The van der Waals surface area contributed by atoms with Gasteiger partial charge in [0.2, 0.25) is 5.04 Å². The largest absolute Gasteiger partial charge is 0.871 e. The number of carbonyl (C=O) groups excluding carboxylic acids is 1. The van der Waals surface area contributed by atoms with E-state index in [1.807, 2.05) is 23.1 Å². The zero-order valence-corrected chi connectivity index (χ0v) is 83.3. The highest BCUT2D eigenvalue weighted by atomic mass is 32.2. The van der Waals surface area contributed by atoms with Crippen LogP contribution in [0.15, 0.2) is 108 Å². The third kappa shape index (κ3) is 19.3. The van der Waals surface area contributed by atoms with E-state index in [4.69, 9.17) is 0 Å². The first-order valence-corrected chi connectivity index (χ1v) is 49.8. The summed E-state index contributed by atoms with van der Waals surface area (Å²) in [4.78, 5) is 24.1. The summed E-state index contributed by atoms with van der Waals surface area (Å²) < 4.78 is 4.82. The Labute approximate surface area is 742 Å². The predicted octanol–water partition coefficient (Wildman–Crippen LogP) is 30.0. The molecular weight excluding hydrogens is 1520 g/mol. The summed E-state index contributed by atoms with van der Waals surface area (Å²) in [6.45, 7) is 80.3. The number of benzene rings is 4. The number of carbonyl (C=O) groups is 1. The van der Waals surface area contributed by atoms with Crippen LogP contribution < -0.4 is 19.1 Å². The summed E-state index contributed by atoms with van der Waals surface area (Å²) in [6.07, 6.45) is 21.9. The molecule has 0 amide bonds. The fourth-order valence-electron chi connectivity index (χ4n) is 18.9. The first-order chi connectivity index (χ1) is 55.0. The van der Waals surface area contributed by atoms with Crippen molar-refractivity contribution < 1.29 is 14.5 Å². The zero-order valence-electron chi connectivity index (χ0n) is 80.0. The molecule has 4 heterocycles. The van der Waals surface area contributed by atoms with Gasteiger partial charge in [-0.2, -0.15) is 0 Å². The lowest BCUT2D eigenvalue weighted by atomic mass is 9.63. The summed E-state index contributed by atoms with van der Waals surface area (Å²) >= 11 is 7.40. The van der Waals surface area contributed by atoms with Crippen LogP contribution in [0.1, 0.15) is 420 Å². The van der Waals surface area contributed by atoms with Crippen LogP contribution in [-0.2, 0) is 58.9 Å². The molecule has 0 saturated carbocycles. The Bertz CT molecular complexity index is 4720. The molecule has 3 aliphatic carbocycles. The molecule has 1 aliphatic heterocycles. The molecule has 4 aromatic carbocycles. The molecular formula is C111H160N2O2S4. The molecule has 0 saturated heterocycles. The lowest BCUT2D eigenvalue weighted by Gasteiger charge is -2.38. The van der Waals surface area contributed by atoms with Gasteiger partial charge in [-0.1, -0.05) is 372 Å². The van der Waals surface area contributed by atoms with E-state index >= 15 is 9.90 Å². The van der Waals surface area contributed by atoms with Crippen molar-refractivity contribution in [1.29, 1.82) is 0 Å². The van der Waals surface area contributed by atoms with E-state index in [9.17, 15) is 0 Å². The summed E-state index contributed by atoms with van der Waals surface area (Å²) in [5, 5.41) is 19.4. The Morgan fingerprint density at radius 3 is 1.04 bits per heavy atom. The maximum absolute atomic E-state index is 16.7. The van der Waals surface area contributed by atoms with Gasteiger partial charge in [0, 0.05) is 61.0 Å². The van der Waals surface area contributed by atoms with E-state index < -0.39 is 10.8 Å². The average Bonchev–Trinajstić information content (AvgIpc) is 1.52. The Hall–Kier alpha value is -5.51. The second-order valence-corrected chi connectivity index (χ2v) is 49.1. The van der Waals surface area contributed by atoms with Gasteiger partial charge in [-0.3, -0.25) is 4.79 Å². The molecule has 8 heteroatoms. The highest BCUT2D eigenvalue weighted by molar-refractivity contribution is 8.22. The first kappa shape index (κ1) is 95.7. The van der Waals surface area contributed by atoms with Crippen molar-refractivity contribution in [1.82, 2.24) is 0 Å². The van der Waals surface area contributed by atoms with Crippen molar-refractivity contribution in [3.63, 3.8) is 0 Å². The van der Waals surface area contributed by atoms with Crippen molar-refractivity contribution in [2.75, 3.05) is 31.1 Å². The van der Waals surface area contributed by atoms with Gasteiger partial charge in [-0.25, -0.2) is 4.58 Å². The van der Waals surface area contributed by atoms with E-state index in [-0.39, 0.29) is 62.3 Å². The highest BCUT2D eigenvalue weighted by Gasteiger charge is 2.55. The minimum atomic E-state index is -0.830. The number of unbranched alkanes of at least 4 members (excludes halogenated alkanes) is 4. The van der Waals surface area contributed by atoms with Gasteiger partial charge in [-0.05, 0) is 213 Å². The Morgan fingerprint density at radius 1 is 0.387 bits per heavy atom. The van der Waals surface area contributed by atoms with Crippen molar-refractivity contribution >= 4 is 77.7 Å². The van der Waals surface area contributed by atoms with Crippen LogP contribution in [0.25, 0.3) is 25.8 Å². The standard InChI is InChI=1S/C110H156N2O2S4.CH4/c1-33-41-45-69(37-5)65-111(66-70(38-6)46-42-34-2)91-63-87-99(117-91)97-85(109(87,81-53-73(101(9,10)11)49-74(54-81)102(12,13)14)82-55-75(103(15,16)17)50-76(56-82)104(18,19)20)61-89(115-97)93-95(113)94(96(93)114)90-62-86-98(116-90)100-88(64-92(118-100)112(67-71(39-7)47-43-35-3)68-72(40-8)48-44-36-4)110(86,83-57-77(105(21,22)23)51-78(58-83)106(24,25)26)84-59-79(107(27,28)29)52-80(60-84)108(30,31)32;/h49-64,69-72H,33-48,65-68H2,1-32H3;1H4. The Kier molecular flexibility index (Phi) is 29.1. The number of allylic oxidation sites excluding steroid dienone is 2. The third-order valence-corrected chi connectivity index (χ3v) is 32.5. The smallest absolute Gasteiger partial charge is 0.240 e. The Balaban J connectivity index is 0.0000149. The normalized spacial score (nSPS) is 17.1. The van der Waals surface area contributed by atoms with Gasteiger partial charge >= 0.3 is 0 Å². The molecule has 0 fully saturated rings. The number of anilines is 1. The van der Waals surface area contributed by atoms with E-state index in [0.717, 1.165) is 61.3 Å². The minimum Gasteiger partial charge on any atom is -0.871 e. The lowest BCUT2D eigenvalue weighted by molar-refractivity contribution is -0.539. The van der Waals surface area contributed by atoms with Gasteiger partial charge in [0.15, 0.2) is 5.78 Å². The van der Waals surface area contributed by atoms with Gasteiger partial charge in [0.05, 0.1) is 25.6 Å². The summed E-state index contributed by atoms with van der Waals surface area (Å²) in [5.74, 6) is 2.01. The summed E-state index contributed by atoms with van der Waals surface area (Å²) in [6, 6.07) is 37.9. The number of Topliss-reactive ketones (excluding diaryl/α,β-unsaturated/α-hetero) is 1. The van der Waals surface area contributed by atoms with Crippen LogP contribution in [0.3, 0.4) is 0 Å². The third-order valence-electron chi connectivity index (χ3n) is 27.4. The SMILES string of the molecule is C.CCCCC(CC)CN(CC(CC)CCCC)c1cc2c(s1)-c1sc(C3=C([O-])/C(=c4/cc5c(s4)=C4SC(=[N+](CC(CC)CCCC)CC(CC)CCCC)C=C4C5(c4cc(C(C)(C)C)cc(C(C)(C)C)c4)c4cc(C(C)(C)C)cc(C(C)(C)C)c4)C3=O)cc1C2(c1cc(C(C)(C)C)cc(C(C)(C)C)c1)c1cc(C(C)(C)C)cc(C(C)(C)C)c1. The van der Waals surface area contributed by atoms with Crippen molar-refractivity contribution in [2.45, 2.75) is 386 Å². The van der Waals surface area contributed by atoms with Crippen LogP contribution in [-0.4, -0.2) is 41.6 Å². The number of fused-ring (bicyclic) bond motifs is 5. The molecule has 7 aromatic rings. The van der Waals surface area contributed by atoms with Gasteiger partial charge in [-0.15, -0.1) is 34.0 Å². The first-order valence-electron chi connectivity index (χ1n) is 46.5. The van der Waals surface area contributed by atoms with E-state index in [1.54, 1.807) is 22.7 Å². The summed E-state index contributed by atoms with van der Waals surface area (Å²) in [7, 11) is 0. The molecule has 0 spiro atoms. The molecule has 0 radical (unpaired) electrons. The second-order valence-electron chi connectivity index (χ2n) is 44.9. The number of thioether (sulfide) groups is 1. The molecule has 4 nitrogen and oxygen atoms in total. The molecule has 4 unspecified atom stereocenters. The van der Waals surface area contributed by atoms with E-state index in [0.29, 0.717) is 34.8 Å². The number of ketones is 1. The quantitative estimate of drug-likeness (QED) is 0.0421. The number of hydrogen-bond acceptors (Lipinski definition) is 7. The molecule has 3 aromatic heterocycles. The number of hydrogen-bond donors (Lipinski definition) is 0. The van der Waals surface area contributed by atoms with Crippen molar-refractivity contribution in [2.24, 2.45) is 23.7 Å². The van der Waals surface area contributed by atoms with Crippen molar-refractivity contribution in [3.05, 3.63) is 206 Å². The van der Waals surface area contributed by atoms with E-state index in [1.165, 1.54) is 195 Å². The van der Waals surface area contributed by atoms with Gasteiger partial charge in [0.1, 0.15) is 13.1 Å². The minimum absolute atomic E-state index is 0. The number of nitrogens with zero attached hydrogens (tertiary/aromatic N) is 2. The van der Waals surface area contributed by atoms with Gasteiger partial charge in [0.25, 0.3) is 0 Å². The maximum Gasteiger partial charge on any atom is 0.240 e. The van der Waals surface area contributed by atoms with E-state index in [2.05, 4.69) is 328 Å². The van der Waals surface area contributed by atoms with Crippen LogP contribution in [0, 0.1) is 23.7 Å². The van der Waals surface area contributed by atoms with Gasteiger partial charge < -0.3 is 10.0 Å². The summed E-state index contributed by atoms with van der Waals surface area (Å²) in [5.41, 5.74) is 18.1. The number of thiophene rings is 3. The highest BCUT2D eigenvalue weighted by Crippen LogP contribution is 2.65. The van der Waals surface area contributed by atoms with Crippen LogP contribution in [0.2, 0.25) is 0 Å². The second kappa shape index (κ2) is 36.2. The average molecular weight is 1680 g/mol. The monoisotopic (exact) mass is 1680 g/mol. The van der Waals surface area contributed by atoms with Crippen LogP contribution in [0.5, 0.6) is 0 Å². The molecule has 119 heavy (non-hydrogen) atoms. The molecule has 4 aliphatic rings. The predicted molar refractivity (Wildman–Crippen MR) is 527 cm³/mol. The maximum atomic E-state index is 16.7. The fraction of sp³-hybridized carbons (Fsp3) is 0.604. The molecule has 650 valence electrons. The zero-order chi connectivity index (χ0) is 86.9.